The van der Waals surface area contributed by atoms with E-state index in [4.69, 9.17) is 4.74 Å². The molecular weight excluding hydrogens is 240 g/mol. The summed E-state index contributed by atoms with van der Waals surface area (Å²) in [6.45, 7) is 5.92. The summed E-state index contributed by atoms with van der Waals surface area (Å²) in [6.07, 6.45) is 8.48. The number of hydrogen-bond acceptors (Lipinski definition) is 3. The van der Waals surface area contributed by atoms with Gasteiger partial charge in [0.15, 0.2) is 0 Å². The zero-order chi connectivity index (χ0) is 14.0. The maximum absolute atomic E-state index is 12.2. The number of esters is 1. The summed E-state index contributed by atoms with van der Waals surface area (Å²) < 4.78 is 5.64. The predicted molar refractivity (Wildman–Crippen MR) is 73.5 cm³/mol. The first kappa shape index (κ1) is 14.3. The zero-order valence-corrected chi connectivity index (χ0v) is 12.1. The van der Waals surface area contributed by atoms with Crippen molar-refractivity contribution in [1.29, 1.82) is 0 Å². The number of carbonyl (C=O) groups excluding carboxylic acids is 2. The minimum Gasteiger partial charge on any atom is -0.462 e. The Morgan fingerprint density at radius 2 is 1.84 bits per heavy atom. The van der Waals surface area contributed by atoms with E-state index >= 15 is 0 Å². The van der Waals surface area contributed by atoms with Crippen LogP contribution in [0, 0.1) is 17.3 Å². The van der Waals surface area contributed by atoms with Gasteiger partial charge in [-0.1, -0.05) is 26.3 Å². The van der Waals surface area contributed by atoms with Gasteiger partial charge in [-0.05, 0) is 49.5 Å². The normalized spacial score (nSPS) is 30.8. The van der Waals surface area contributed by atoms with Gasteiger partial charge in [0.2, 0.25) is 0 Å². The van der Waals surface area contributed by atoms with Gasteiger partial charge in [0.25, 0.3) is 0 Å². The van der Waals surface area contributed by atoms with Crippen molar-refractivity contribution in [2.75, 3.05) is 0 Å². The number of allylic oxidation sites excluding steroid dienone is 2. The summed E-state index contributed by atoms with van der Waals surface area (Å²) in [6, 6.07) is 0. The molecule has 2 rings (SSSR count). The lowest BCUT2D eigenvalue weighted by atomic mass is 9.98. The Hall–Kier alpha value is -1.12. The van der Waals surface area contributed by atoms with Gasteiger partial charge in [-0.15, -0.1) is 0 Å². The molecule has 0 bridgehead atoms. The van der Waals surface area contributed by atoms with Gasteiger partial charge >= 0.3 is 5.97 Å². The van der Waals surface area contributed by atoms with Gasteiger partial charge in [0.05, 0.1) is 5.92 Å². The Bertz CT molecular complexity index is 389. The highest BCUT2D eigenvalue weighted by atomic mass is 16.5. The molecule has 0 aromatic heterocycles. The molecule has 106 valence electrons. The molecule has 19 heavy (non-hydrogen) atoms. The molecule has 0 saturated heterocycles. The van der Waals surface area contributed by atoms with Crippen molar-refractivity contribution < 1.29 is 14.3 Å². The maximum Gasteiger partial charge on any atom is 0.310 e. The number of hydrogen-bond donors (Lipinski definition) is 0. The van der Waals surface area contributed by atoms with Crippen molar-refractivity contribution >= 4 is 12.3 Å². The van der Waals surface area contributed by atoms with Gasteiger partial charge in [0, 0.05) is 0 Å². The zero-order valence-electron chi connectivity index (χ0n) is 12.1. The van der Waals surface area contributed by atoms with Crippen molar-refractivity contribution in [2.24, 2.45) is 17.3 Å². The van der Waals surface area contributed by atoms with Crippen LogP contribution in [-0.2, 0) is 14.3 Å². The number of ether oxygens (including phenoxy) is 1. The van der Waals surface area contributed by atoms with Crippen LogP contribution in [-0.4, -0.2) is 18.4 Å². The van der Waals surface area contributed by atoms with Crippen LogP contribution in [0.3, 0.4) is 0 Å². The largest absolute Gasteiger partial charge is 0.462 e. The van der Waals surface area contributed by atoms with Crippen molar-refractivity contribution in [3.8, 4) is 0 Å². The minimum atomic E-state index is -0.0793. The highest BCUT2D eigenvalue weighted by Gasteiger charge is 2.61. The van der Waals surface area contributed by atoms with E-state index in [1.54, 1.807) is 6.92 Å². The van der Waals surface area contributed by atoms with E-state index < -0.39 is 0 Å². The average molecular weight is 264 g/mol. The lowest BCUT2D eigenvalue weighted by molar-refractivity contribution is -0.153. The van der Waals surface area contributed by atoms with Crippen molar-refractivity contribution in [2.45, 2.75) is 59.0 Å². The van der Waals surface area contributed by atoms with E-state index in [9.17, 15) is 9.59 Å². The van der Waals surface area contributed by atoms with E-state index in [-0.39, 0.29) is 29.3 Å². The standard InChI is InChI=1S/C16H24O3/c1-11(10-17)9-13-14(16(13,2)3)15(18)19-12-7-5-4-6-8-12/h9-10,12-14H,4-8H2,1-3H3/b11-9+. The molecular formula is C16H24O3. The van der Waals surface area contributed by atoms with E-state index in [0.717, 1.165) is 19.1 Å². The lowest BCUT2D eigenvalue weighted by Crippen LogP contribution is -2.23. The van der Waals surface area contributed by atoms with Gasteiger partial charge in [0.1, 0.15) is 12.4 Å². The van der Waals surface area contributed by atoms with Crippen LogP contribution in [0.1, 0.15) is 52.9 Å². The summed E-state index contributed by atoms with van der Waals surface area (Å²) in [5.41, 5.74) is 0.627. The van der Waals surface area contributed by atoms with Crippen LogP contribution < -0.4 is 0 Å². The summed E-state index contributed by atoms with van der Waals surface area (Å²) in [5.74, 6) is -0.00466. The molecule has 0 aromatic carbocycles. The first-order valence-electron chi connectivity index (χ1n) is 7.31. The monoisotopic (exact) mass is 264 g/mol. The topological polar surface area (TPSA) is 43.4 Å². The van der Waals surface area contributed by atoms with E-state index in [2.05, 4.69) is 13.8 Å². The van der Waals surface area contributed by atoms with Gasteiger partial charge in [-0.3, -0.25) is 9.59 Å². The van der Waals surface area contributed by atoms with E-state index in [0.29, 0.717) is 5.57 Å². The molecule has 0 spiro atoms. The van der Waals surface area contributed by atoms with Crippen LogP contribution in [0.5, 0.6) is 0 Å². The Morgan fingerprint density at radius 1 is 1.21 bits per heavy atom. The van der Waals surface area contributed by atoms with Crippen LogP contribution in [0.25, 0.3) is 0 Å². The molecule has 2 aliphatic carbocycles. The fraction of sp³-hybridized carbons (Fsp3) is 0.750. The molecule has 0 N–H and O–H groups in total. The van der Waals surface area contributed by atoms with Crippen LogP contribution in [0.4, 0.5) is 0 Å². The van der Waals surface area contributed by atoms with Crippen molar-refractivity contribution in [3.63, 3.8) is 0 Å². The summed E-state index contributed by atoms with van der Waals surface area (Å²) >= 11 is 0. The molecule has 2 saturated carbocycles. The lowest BCUT2D eigenvalue weighted by Gasteiger charge is -2.22. The average Bonchev–Trinajstić information content (AvgIpc) is 2.91. The quantitative estimate of drug-likeness (QED) is 0.444. The Labute approximate surface area is 115 Å². The van der Waals surface area contributed by atoms with Crippen LogP contribution in [0.15, 0.2) is 11.6 Å². The summed E-state index contributed by atoms with van der Waals surface area (Å²) in [7, 11) is 0. The van der Waals surface area contributed by atoms with E-state index in [1.807, 2.05) is 6.08 Å². The second-order valence-corrected chi connectivity index (χ2v) is 6.55. The fourth-order valence-corrected chi connectivity index (χ4v) is 3.18. The van der Waals surface area contributed by atoms with Crippen molar-refractivity contribution in [3.05, 3.63) is 11.6 Å². The Balaban J connectivity index is 1.94. The first-order valence-corrected chi connectivity index (χ1v) is 7.31. The summed E-state index contributed by atoms with van der Waals surface area (Å²) in [5, 5.41) is 0. The molecule has 3 nitrogen and oxygen atoms in total. The smallest absolute Gasteiger partial charge is 0.310 e. The van der Waals surface area contributed by atoms with E-state index in [1.165, 1.54) is 19.3 Å². The van der Waals surface area contributed by atoms with Gasteiger partial charge in [-0.2, -0.15) is 0 Å². The molecule has 2 atom stereocenters. The highest BCUT2D eigenvalue weighted by Crippen LogP contribution is 2.60. The summed E-state index contributed by atoms with van der Waals surface area (Å²) in [4.78, 5) is 22.9. The first-order chi connectivity index (χ1) is 8.96. The molecule has 0 aliphatic heterocycles. The third kappa shape index (κ3) is 3.07. The SMILES string of the molecule is C/C(C=O)=C\C1C(C(=O)OC2CCCCC2)C1(C)C. The number of carbonyl (C=O) groups is 2. The molecule has 0 aromatic rings. The van der Waals surface area contributed by atoms with Crippen LogP contribution in [0.2, 0.25) is 0 Å². The van der Waals surface area contributed by atoms with Crippen LogP contribution >= 0.6 is 0 Å². The number of aldehydes is 1. The molecule has 3 heteroatoms. The van der Waals surface area contributed by atoms with Gasteiger partial charge < -0.3 is 4.74 Å². The maximum atomic E-state index is 12.2. The third-order valence-corrected chi connectivity index (χ3v) is 4.63. The van der Waals surface area contributed by atoms with Gasteiger partial charge in [-0.25, -0.2) is 0 Å². The molecule has 2 aliphatic rings. The molecule has 0 heterocycles. The highest BCUT2D eigenvalue weighted by molar-refractivity contribution is 5.79. The molecule has 0 amide bonds. The molecule has 2 unspecified atom stereocenters. The second-order valence-electron chi connectivity index (χ2n) is 6.55. The third-order valence-electron chi connectivity index (χ3n) is 4.63. The number of rotatable bonds is 4. The Kier molecular flexibility index (Phi) is 4.12. The fourth-order valence-electron chi connectivity index (χ4n) is 3.18. The molecule has 0 radical (unpaired) electrons. The van der Waals surface area contributed by atoms with Crippen molar-refractivity contribution in [1.82, 2.24) is 0 Å². The predicted octanol–water partition coefficient (Wildman–Crippen LogP) is 3.28. The minimum absolute atomic E-state index is 0.0724. The molecule has 2 fully saturated rings. The second kappa shape index (κ2) is 5.48. The Morgan fingerprint density at radius 3 is 2.42 bits per heavy atom.